The van der Waals surface area contributed by atoms with Crippen molar-refractivity contribution in [3.05, 3.63) is 49.7 Å². The summed E-state index contributed by atoms with van der Waals surface area (Å²) in [6.45, 7) is 3.97. The van der Waals surface area contributed by atoms with Gasteiger partial charge in [0.25, 0.3) is 5.91 Å². The van der Waals surface area contributed by atoms with Gasteiger partial charge >= 0.3 is 0 Å². The number of hydrogen-bond acceptors (Lipinski definition) is 3. The number of benzene rings is 1. The molecule has 0 aliphatic carbocycles. The van der Waals surface area contributed by atoms with E-state index in [2.05, 4.69) is 32.9 Å². The second-order valence-corrected chi connectivity index (χ2v) is 5.63. The predicted octanol–water partition coefficient (Wildman–Crippen LogP) is 3.48. The van der Waals surface area contributed by atoms with Gasteiger partial charge in [0.1, 0.15) is 5.76 Å². The fraction of sp³-hybridized carbons (Fsp3) is 0.231. The smallest absolute Gasteiger partial charge is 0.251 e. The van der Waals surface area contributed by atoms with E-state index in [1.165, 1.54) is 0 Å². The Morgan fingerprint density at radius 1 is 1.47 bits per heavy atom. The highest BCUT2D eigenvalue weighted by molar-refractivity contribution is 14.1. The first-order valence-electron chi connectivity index (χ1n) is 5.63. The van der Waals surface area contributed by atoms with Crippen LogP contribution in [0.1, 0.15) is 27.7 Å². The van der Waals surface area contributed by atoms with E-state index in [9.17, 15) is 4.79 Å². The Morgan fingerprint density at radius 3 is 2.79 bits per heavy atom. The number of rotatable bonds is 3. The van der Waals surface area contributed by atoms with E-state index in [1.54, 1.807) is 18.2 Å². The molecule has 0 bridgehead atoms. The molecule has 1 aromatic heterocycles. The lowest BCUT2D eigenvalue weighted by atomic mass is 10.2. The van der Waals surface area contributed by atoms with Crippen molar-refractivity contribution in [2.45, 2.75) is 20.4 Å². The van der Waals surface area contributed by atoms with Gasteiger partial charge < -0.3 is 9.73 Å². The van der Waals surface area contributed by atoms with Crippen molar-refractivity contribution in [3.8, 4) is 0 Å². The summed E-state index contributed by atoms with van der Waals surface area (Å²) in [6.07, 6.45) is 0. The molecule has 0 atom stereocenters. The van der Waals surface area contributed by atoms with Gasteiger partial charge in [-0.1, -0.05) is 11.6 Å². The lowest BCUT2D eigenvalue weighted by molar-refractivity contribution is 0.0947. The summed E-state index contributed by atoms with van der Waals surface area (Å²) in [7, 11) is 0. The molecule has 19 heavy (non-hydrogen) atoms. The Bertz CT molecular complexity index is 606. The summed E-state index contributed by atoms with van der Waals surface area (Å²) in [5.74, 6) is 1.06. The largest absolute Gasteiger partial charge is 0.444 e. The third kappa shape index (κ3) is 3.48. The predicted molar refractivity (Wildman–Crippen MR) is 81.3 cm³/mol. The molecule has 1 aromatic carbocycles. The topological polar surface area (TPSA) is 55.1 Å². The van der Waals surface area contributed by atoms with Gasteiger partial charge in [0.2, 0.25) is 5.89 Å². The number of amides is 1. The number of hydrogen-bond donors (Lipinski definition) is 1. The molecule has 0 fully saturated rings. The first kappa shape index (κ1) is 14.3. The van der Waals surface area contributed by atoms with Crippen LogP contribution in [0.25, 0.3) is 0 Å². The molecule has 100 valence electrons. The van der Waals surface area contributed by atoms with Gasteiger partial charge in [-0.2, -0.15) is 0 Å². The van der Waals surface area contributed by atoms with E-state index in [1.807, 2.05) is 13.8 Å². The Kier molecular flexibility index (Phi) is 4.46. The van der Waals surface area contributed by atoms with Crippen LogP contribution in [0.4, 0.5) is 0 Å². The van der Waals surface area contributed by atoms with Gasteiger partial charge in [-0.15, -0.1) is 0 Å². The second kappa shape index (κ2) is 5.92. The van der Waals surface area contributed by atoms with Crippen LogP contribution in [0.5, 0.6) is 0 Å². The Balaban J connectivity index is 2.03. The van der Waals surface area contributed by atoms with Gasteiger partial charge in [0.05, 0.1) is 17.3 Å². The molecular weight excluding hydrogens is 379 g/mol. The van der Waals surface area contributed by atoms with E-state index < -0.39 is 0 Å². The molecule has 1 N–H and O–H groups in total. The number of nitrogens with one attached hydrogen (secondary N) is 1. The number of halogens is 2. The molecule has 2 aromatic rings. The second-order valence-electron chi connectivity index (χ2n) is 4.06. The zero-order chi connectivity index (χ0) is 14.0. The lowest BCUT2D eigenvalue weighted by Crippen LogP contribution is -2.23. The molecule has 0 aliphatic rings. The van der Waals surface area contributed by atoms with Gasteiger partial charge in [-0.3, -0.25) is 4.79 Å². The number of aromatic nitrogens is 1. The molecule has 0 saturated carbocycles. The normalized spacial score (nSPS) is 10.5. The first-order valence-corrected chi connectivity index (χ1v) is 7.09. The van der Waals surface area contributed by atoms with Gasteiger partial charge in [0, 0.05) is 9.13 Å². The molecule has 0 spiro atoms. The van der Waals surface area contributed by atoms with Crippen LogP contribution < -0.4 is 5.32 Å². The van der Waals surface area contributed by atoms with Crippen molar-refractivity contribution < 1.29 is 9.21 Å². The average molecular weight is 391 g/mol. The minimum atomic E-state index is -0.202. The van der Waals surface area contributed by atoms with Gasteiger partial charge in [0.15, 0.2) is 0 Å². The summed E-state index contributed by atoms with van der Waals surface area (Å²) in [4.78, 5) is 16.1. The van der Waals surface area contributed by atoms with Crippen LogP contribution in [-0.4, -0.2) is 10.9 Å². The summed E-state index contributed by atoms with van der Waals surface area (Å²) < 4.78 is 6.30. The molecule has 4 nitrogen and oxygen atoms in total. The monoisotopic (exact) mass is 390 g/mol. The van der Waals surface area contributed by atoms with Crippen LogP contribution in [0.3, 0.4) is 0 Å². The minimum absolute atomic E-state index is 0.202. The van der Waals surface area contributed by atoms with E-state index >= 15 is 0 Å². The average Bonchev–Trinajstić information content (AvgIpc) is 2.69. The molecule has 6 heteroatoms. The minimum Gasteiger partial charge on any atom is -0.444 e. The third-order valence-corrected chi connectivity index (χ3v) is 4.23. The van der Waals surface area contributed by atoms with Crippen LogP contribution in [-0.2, 0) is 6.54 Å². The number of nitrogens with zero attached hydrogens (tertiary/aromatic N) is 1. The van der Waals surface area contributed by atoms with Crippen molar-refractivity contribution in [2.24, 2.45) is 0 Å². The highest BCUT2D eigenvalue weighted by atomic mass is 127. The first-order chi connectivity index (χ1) is 8.97. The molecule has 0 unspecified atom stereocenters. The highest BCUT2D eigenvalue weighted by Gasteiger charge is 2.10. The summed E-state index contributed by atoms with van der Waals surface area (Å²) >= 11 is 8.09. The van der Waals surface area contributed by atoms with E-state index in [4.69, 9.17) is 16.0 Å². The number of carbonyl (C=O) groups excluding carboxylic acids is 1. The SMILES string of the molecule is Cc1nc(CNC(=O)c2ccc(I)c(Cl)c2)oc1C. The molecule has 2 rings (SSSR count). The van der Waals surface area contributed by atoms with Crippen LogP contribution in [0.2, 0.25) is 5.02 Å². The quantitative estimate of drug-likeness (QED) is 0.817. The van der Waals surface area contributed by atoms with Crippen molar-refractivity contribution in [3.63, 3.8) is 0 Å². The molecule has 0 radical (unpaired) electrons. The maximum absolute atomic E-state index is 11.9. The van der Waals surface area contributed by atoms with E-state index in [-0.39, 0.29) is 12.5 Å². The standard InChI is InChI=1S/C13H12ClIN2O2/c1-7-8(2)19-12(17-7)6-16-13(18)9-3-4-11(15)10(14)5-9/h3-5H,6H2,1-2H3,(H,16,18). The third-order valence-electron chi connectivity index (χ3n) is 2.65. The highest BCUT2D eigenvalue weighted by Crippen LogP contribution is 2.19. The number of aryl methyl sites for hydroxylation is 2. The van der Waals surface area contributed by atoms with Crippen LogP contribution in [0, 0.1) is 17.4 Å². The number of oxazole rings is 1. The molecule has 1 heterocycles. The lowest BCUT2D eigenvalue weighted by Gasteiger charge is -2.04. The zero-order valence-corrected chi connectivity index (χ0v) is 13.4. The molecule has 0 saturated heterocycles. The fourth-order valence-electron chi connectivity index (χ4n) is 1.51. The Morgan fingerprint density at radius 2 is 2.21 bits per heavy atom. The van der Waals surface area contributed by atoms with Crippen molar-refractivity contribution in [2.75, 3.05) is 0 Å². The van der Waals surface area contributed by atoms with Crippen LogP contribution >= 0.6 is 34.2 Å². The Labute approximate surface area is 129 Å². The molecule has 0 aliphatic heterocycles. The molecule has 1 amide bonds. The fourth-order valence-corrected chi connectivity index (χ4v) is 2.03. The Hall–Kier alpha value is -1.08. The van der Waals surface area contributed by atoms with E-state index in [0.29, 0.717) is 16.5 Å². The van der Waals surface area contributed by atoms with Gasteiger partial charge in [-0.25, -0.2) is 4.98 Å². The summed E-state index contributed by atoms with van der Waals surface area (Å²) in [6, 6.07) is 5.18. The zero-order valence-electron chi connectivity index (χ0n) is 10.5. The number of carbonyl (C=O) groups is 1. The van der Waals surface area contributed by atoms with Gasteiger partial charge in [-0.05, 0) is 54.6 Å². The summed E-state index contributed by atoms with van der Waals surface area (Å²) in [5, 5.41) is 3.31. The van der Waals surface area contributed by atoms with E-state index in [0.717, 1.165) is 15.0 Å². The van der Waals surface area contributed by atoms with Crippen molar-refractivity contribution >= 4 is 40.1 Å². The maximum Gasteiger partial charge on any atom is 0.251 e. The van der Waals surface area contributed by atoms with Crippen LogP contribution in [0.15, 0.2) is 22.6 Å². The van der Waals surface area contributed by atoms with Crippen molar-refractivity contribution in [1.82, 2.24) is 10.3 Å². The molecular formula is C13H12ClIN2O2. The van der Waals surface area contributed by atoms with Crippen molar-refractivity contribution in [1.29, 1.82) is 0 Å². The summed E-state index contributed by atoms with van der Waals surface area (Å²) in [5.41, 5.74) is 1.35. The maximum atomic E-state index is 11.9.